The summed E-state index contributed by atoms with van der Waals surface area (Å²) in [6.45, 7) is 0. The van der Waals surface area contributed by atoms with Gasteiger partial charge in [-0.2, -0.15) is 0 Å². The number of methoxy groups -OCH3 is 1. The van der Waals surface area contributed by atoms with E-state index >= 15 is 0 Å². The molecule has 0 fully saturated rings. The first-order valence-electron chi connectivity index (χ1n) is 4.38. The second-order valence-corrected chi connectivity index (χ2v) is 4.32. The van der Waals surface area contributed by atoms with E-state index in [1.165, 1.54) is 4.70 Å². The van der Waals surface area contributed by atoms with E-state index in [4.69, 9.17) is 4.74 Å². The monoisotopic (exact) mass is 206 g/mol. The third-order valence-electron chi connectivity index (χ3n) is 2.04. The van der Waals surface area contributed by atoms with E-state index in [1.807, 2.05) is 32.3 Å². The number of fused-ring (bicyclic) bond motifs is 1. The maximum Gasteiger partial charge on any atom is 0.120 e. The van der Waals surface area contributed by atoms with Gasteiger partial charge in [0.1, 0.15) is 5.75 Å². The molecule has 0 unspecified atom stereocenters. The fraction of sp³-hybridized carbons (Fsp3) is 0.273. The molecular formula is C11H12NOS. The lowest BCUT2D eigenvalue weighted by molar-refractivity contribution is 0.415. The molecule has 0 aliphatic rings. The first-order chi connectivity index (χ1) is 6.70. The first-order valence-corrected chi connectivity index (χ1v) is 5.19. The fourth-order valence-corrected chi connectivity index (χ4v) is 2.22. The third-order valence-corrected chi connectivity index (χ3v) is 3.26. The van der Waals surface area contributed by atoms with Gasteiger partial charge in [0.15, 0.2) is 0 Å². The molecule has 1 heterocycles. The van der Waals surface area contributed by atoms with E-state index in [-0.39, 0.29) is 0 Å². The van der Waals surface area contributed by atoms with Gasteiger partial charge in [-0.15, -0.1) is 11.3 Å². The maximum absolute atomic E-state index is 5.17. The highest BCUT2D eigenvalue weighted by molar-refractivity contribution is 7.22. The van der Waals surface area contributed by atoms with Crippen LogP contribution in [0.3, 0.4) is 0 Å². The summed E-state index contributed by atoms with van der Waals surface area (Å²) in [7, 11) is 5.74. The minimum absolute atomic E-state index is 0.901. The predicted molar refractivity (Wildman–Crippen MR) is 61.5 cm³/mol. The molecule has 1 aromatic carbocycles. The molecule has 14 heavy (non-hydrogen) atoms. The van der Waals surface area contributed by atoms with E-state index in [2.05, 4.69) is 11.0 Å². The average Bonchev–Trinajstić information content (AvgIpc) is 2.59. The molecule has 0 saturated carbocycles. The molecule has 0 atom stereocenters. The van der Waals surface area contributed by atoms with Gasteiger partial charge in [0.25, 0.3) is 0 Å². The minimum atomic E-state index is 0.901. The van der Waals surface area contributed by atoms with Crippen molar-refractivity contribution in [2.75, 3.05) is 26.1 Å². The Hall–Kier alpha value is -1.22. The Morgan fingerprint density at radius 1 is 1.36 bits per heavy atom. The van der Waals surface area contributed by atoms with Crippen molar-refractivity contribution in [1.29, 1.82) is 0 Å². The lowest BCUT2D eigenvalue weighted by Crippen LogP contribution is -2.05. The van der Waals surface area contributed by atoms with Crippen LogP contribution in [-0.4, -0.2) is 21.2 Å². The van der Waals surface area contributed by atoms with E-state index < -0.39 is 0 Å². The van der Waals surface area contributed by atoms with Gasteiger partial charge in [-0.3, -0.25) is 0 Å². The van der Waals surface area contributed by atoms with Crippen LogP contribution in [-0.2, 0) is 0 Å². The van der Waals surface area contributed by atoms with E-state index in [0.29, 0.717) is 0 Å². The van der Waals surface area contributed by atoms with Gasteiger partial charge in [-0.05, 0) is 18.2 Å². The van der Waals surface area contributed by atoms with Crippen LogP contribution in [0.2, 0.25) is 0 Å². The van der Waals surface area contributed by atoms with E-state index in [1.54, 1.807) is 18.4 Å². The van der Waals surface area contributed by atoms with Crippen LogP contribution in [0.1, 0.15) is 0 Å². The van der Waals surface area contributed by atoms with Gasteiger partial charge < -0.3 is 9.64 Å². The summed E-state index contributed by atoms with van der Waals surface area (Å²) < 4.78 is 6.39. The molecule has 1 aromatic heterocycles. The van der Waals surface area contributed by atoms with Gasteiger partial charge in [-0.25, -0.2) is 0 Å². The molecule has 0 amide bonds. The molecule has 2 nitrogen and oxygen atoms in total. The van der Waals surface area contributed by atoms with E-state index in [0.717, 1.165) is 16.1 Å². The van der Waals surface area contributed by atoms with Crippen molar-refractivity contribution in [3.8, 4) is 5.75 Å². The Morgan fingerprint density at radius 3 is 2.79 bits per heavy atom. The highest BCUT2D eigenvalue weighted by Gasteiger charge is 2.04. The SMILES string of the molecule is COc1ccc2[c]c(N(C)C)sc2c1. The van der Waals surface area contributed by atoms with Crippen molar-refractivity contribution in [2.24, 2.45) is 0 Å². The van der Waals surface area contributed by atoms with Crippen molar-refractivity contribution in [3.05, 3.63) is 24.3 Å². The molecule has 0 bridgehead atoms. The number of ether oxygens (including phenoxy) is 1. The topological polar surface area (TPSA) is 12.5 Å². The van der Waals surface area contributed by atoms with Gasteiger partial charge >= 0.3 is 0 Å². The predicted octanol–water partition coefficient (Wildman–Crippen LogP) is 2.78. The van der Waals surface area contributed by atoms with Crippen molar-refractivity contribution < 1.29 is 4.74 Å². The number of rotatable bonds is 2. The number of hydrogen-bond donors (Lipinski definition) is 0. The average molecular weight is 206 g/mol. The molecule has 2 aromatic rings. The Morgan fingerprint density at radius 2 is 2.14 bits per heavy atom. The molecule has 73 valence electrons. The number of thiophene rings is 1. The van der Waals surface area contributed by atoms with Crippen molar-refractivity contribution >= 4 is 26.4 Å². The van der Waals surface area contributed by atoms with Crippen LogP contribution in [0.4, 0.5) is 5.00 Å². The van der Waals surface area contributed by atoms with Crippen LogP contribution in [0.5, 0.6) is 5.75 Å². The van der Waals surface area contributed by atoms with Crippen LogP contribution in [0.25, 0.3) is 10.1 Å². The quantitative estimate of drug-likeness (QED) is 0.749. The maximum atomic E-state index is 5.17. The smallest absolute Gasteiger partial charge is 0.120 e. The fourth-order valence-electron chi connectivity index (χ4n) is 1.27. The molecule has 0 saturated heterocycles. The highest BCUT2D eigenvalue weighted by atomic mass is 32.1. The zero-order valence-electron chi connectivity index (χ0n) is 8.50. The van der Waals surface area contributed by atoms with Gasteiger partial charge in [-0.1, -0.05) is 0 Å². The summed E-state index contributed by atoms with van der Waals surface area (Å²) in [4.78, 5) is 2.07. The minimum Gasteiger partial charge on any atom is -0.497 e. The Balaban J connectivity index is 2.54. The summed E-state index contributed by atoms with van der Waals surface area (Å²) in [5, 5.41) is 2.30. The molecule has 0 spiro atoms. The van der Waals surface area contributed by atoms with Crippen molar-refractivity contribution in [2.45, 2.75) is 0 Å². The van der Waals surface area contributed by atoms with Crippen LogP contribution in [0.15, 0.2) is 18.2 Å². The second-order valence-electron chi connectivity index (χ2n) is 3.29. The van der Waals surface area contributed by atoms with E-state index in [9.17, 15) is 0 Å². The van der Waals surface area contributed by atoms with Crippen LogP contribution < -0.4 is 9.64 Å². The molecular weight excluding hydrogens is 194 g/mol. The molecule has 0 aliphatic carbocycles. The van der Waals surface area contributed by atoms with Gasteiger partial charge in [0.2, 0.25) is 0 Å². The second kappa shape index (κ2) is 3.50. The summed E-state index contributed by atoms with van der Waals surface area (Å²) in [6.07, 6.45) is 0. The largest absolute Gasteiger partial charge is 0.497 e. The summed E-state index contributed by atoms with van der Waals surface area (Å²) in [5.74, 6) is 0.901. The summed E-state index contributed by atoms with van der Waals surface area (Å²) in [5.41, 5.74) is 0. The number of benzene rings is 1. The molecule has 3 heteroatoms. The Kier molecular flexibility index (Phi) is 2.33. The Labute approximate surface area is 87.7 Å². The lowest BCUT2D eigenvalue weighted by Gasteiger charge is -2.06. The van der Waals surface area contributed by atoms with Crippen molar-refractivity contribution in [1.82, 2.24) is 0 Å². The normalized spacial score (nSPS) is 10.5. The molecule has 0 aliphatic heterocycles. The molecule has 1 radical (unpaired) electrons. The summed E-state index contributed by atoms with van der Waals surface area (Å²) in [6, 6.07) is 9.38. The standard InChI is InChI=1S/C11H12NOS/c1-12(2)11-6-8-4-5-9(13-3)7-10(8)14-11/h4-5,7H,1-3H3. The zero-order valence-corrected chi connectivity index (χ0v) is 9.31. The number of nitrogens with zero attached hydrogens (tertiary/aromatic N) is 1. The summed E-state index contributed by atoms with van der Waals surface area (Å²) >= 11 is 1.73. The third kappa shape index (κ3) is 1.55. The van der Waals surface area contributed by atoms with Gasteiger partial charge in [0, 0.05) is 30.2 Å². The number of anilines is 1. The van der Waals surface area contributed by atoms with Crippen LogP contribution in [0, 0.1) is 6.07 Å². The lowest BCUT2D eigenvalue weighted by atomic mass is 10.2. The zero-order chi connectivity index (χ0) is 10.1. The molecule has 2 rings (SSSR count). The first kappa shape index (κ1) is 9.34. The van der Waals surface area contributed by atoms with Gasteiger partial charge in [0.05, 0.1) is 12.1 Å². The van der Waals surface area contributed by atoms with Crippen molar-refractivity contribution in [3.63, 3.8) is 0 Å². The van der Waals surface area contributed by atoms with Crippen LogP contribution >= 0.6 is 11.3 Å². The highest BCUT2D eigenvalue weighted by Crippen LogP contribution is 2.32. The Bertz CT molecular complexity index is 447. The molecule has 0 N–H and O–H groups in total. The number of hydrogen-bond acceptors (Lipinski definition) is 3.